The fraction of sp³-hybridized carbons (Fsp3) is 0.259. The van der Waals surface area contributed by atoms with Gasteiger partial charge in [-0.15, -0.1) is 10.2 Å². The maximum absolute atomic E-state index is 6.37. The molecule has 0 spiro atoms. The molecular weight excluding hydrogens is 432 g/mol. The molecule has 6 heteroatoms. The van der Waals surface area contributed by atoms with E-state index in [2.05, 4.69) is 76.3 Å². The van der Waals surface area contributed by atoms with Crippen LogP contribution in [-0.2, 0) is 0 Å². The summed E-state index contributed by atoms with van der Waals surface area (Å²) < 4.78 is 6.20. The molecule has 0 radical (unpaired) electrons. The SMILES string of the molecule is Cc1ccc(N2CCN([C@H](c3ccccc3)c3nnc(-c4ccccc4Cl)o3)CC2)c(C)c1. The Balaban J connectivity index is 1.41. The van der Waals surface area contributed by atoms with Crippen LogP contribution in [0.1, 0.15) is 28.6 Å². The Kier molecular flexibility index (Phi) is 6.16. The number of hydrogen-bond acceptors (Lipinski definition) is 5. The zero-order valence-electron chi connectivity index (χ0n) is 18.9. The molecule has 1 saturated heterocycles. The Morgan fingerprint density at radius 1 is 0.848 bits per heavy atom. The summed E-state index contributed by atoms with van der Waals surface area (Å²) >= 11 is 6.37. The highest BCUT2D eigenvalue weighted by Crippen LogP contribution is 2.33. The lowest BCUT2D eigenvalue weighted by Crippen LogP contribution is -2.48. The van der Waals surface area contributed by atoms with Crippen LogP contribution in [0.25, 0.3) is 11.5 Å². The number of rotatable bonds is 5. The number of nitrogens with zero attached hydrogens (tertiary/aromatic N) is 4. The zero-order valence-corrected chi connectivity index (χ0v) is 19.7. The molecule has 1 aromatic heterocycles. The lowest BCUT2D eigenvalue weighted by molar-refractivity contribution is 0.188. The molecule has 1 aliphatic rings. The maximum atomic E-state index is 6.37. The van der Waals surface area contributed by atoms with Gasteiger partial charge in [0.1, 0.15) is 6.04 Å². The molecular formula is C27H27ClN4O. The van der Waals surface area contributed by atoms with Gasteiger partial charge < -0.3 is 9.32 Å². The smallest absolute Gasteiger partial charge is 0.249 e. The number of halogens is 1. The molecule has 0 unspecified atom stereocenters. The molecule has 33 heavy (non-hydrogen) atoms. The molecule has 0 N–H and O–H groups in total. The highest BCUT2D eigenvalue weighted by molar-refractivity contribution is 6.33. The van der Waals surface area contributed by atoms with Gasteiger partial charge in [-0.05, 0) is 43.2 Å². The number of hydrogen-bond donors (Lipinski definition) is 0. The van der Waals surface area contributed by atoms with E-state index in [0.717, 1.165) is 37.3 Å². The summed E-state index contributed by atoms with van der Waals surface area (Å²) in [4.78, 5) is 4.90. The second-order valence-electron chi connectivity index (χ2n) is 8.55. The van der Waals surface area contributed by atoms with E-state index in [9.17, 15) is 0 Å². The third kappa shape index (κ3) is 4.52. The van der Waals surface area contributed by atoms with Gasteiger partial charge >= 0.3 is 0 Å². The molecule has 0 bridgehead atoms. The molecule has 0 amide bonds. The van der Waals surface area contributed by atoms with Gasteiger partial charge in [-0.25, -0.2) is 0 Å². The molecule has 5 rings (SSSR count). The van der Waals surface area contributed by atoms with Crippen molar-refractivity contribution in [2.24, 2.45) is 0 Å². The highest BCUT2D eigenvalue weighted by atomic mass is 35.5. The van der Waals surface area contributed by atoms with Gasteiger partial charge in [-0.1, -0.05) is 71.8 Å². The monoisotopic (exact) mass is 458 g/mol. The first-order valence-corrected chi connectivity index (χ1v) is 11.7. The third-order valence-corrected chi connectivity index (χ3v) is 6.60. The van der Waals surface area contributed by atoms with Gasteiger partial charge in [-0.2, -0.15) is 0 Å². The molecule has 1 atom stereocenters. The van der Waals surface area contributed by atoms with Gasteiger partial charge in [0.2, 0.25) is 11.8 Å². The molecule has 0 saturated carbocycles. The van der Waals surface area contributed by atoms with E-state index < -0.39 is 0 Å². The molecule has 5 nitrogen and oxygen atoms in total. The summed E-state index contributed by atoms with van der Waals surface area (Å²) in [5.74, 6) is 1.04. The lowest BCUT2D eigenvalue weighted by atomic mass is 10.0. The fourth-order valence-corrected chi connectivity index (χ4v) is 4.83. The van der Waals surface area contributed by atoms with E-state index >= 15 is 0 Å². The Bertz CT molecular complexity index is 1230. The van der Waals surface area contributed by atoms with Crippen molar-refractivity contribution in [3.8, 4) is 11.5 Å². The first-order chi connectivity index (χ1) is 16.1. The minimum absolute atomic E-state index is 0.101. The standard InChI is InChI=1S/C27H27ClN4O/c1-19-12-13-24(20(2)18-19)31-14-16-32(17-15-31)25(21-8-4-3-5-9-21)27-30-29-26(33-27)22-10-6-7-11-23(22)28/h3-13,18,25H,14-17H2,1-2H3/t25-/m1/s1. The molecule has 1 fully saturated rings. The maximum Gasteiger partial charge on any atom is 0.249 e. The summed E-state index contributed by atoms with van der Waals surface area (Å²) in [5, 5.41) is 9.39. The number of benzene rings is 3. The van der Waals surface area contributed by atoms with E-state index in [1.54, 1.807) is 0 Å². The van der Waals surface area contributed by atoms with Crippen LogP contribution in [0, 0.1) is 13.8 Å². The Hall–Kier alpha value is -3.15. The molecule has 168 valence electrons. The van der Waals surface area contributed by atoms with Crippen LogP contribution >= 0.6 is 11.6 Å². The van der Waals surface area contributed by atoms with E-state index in [1.165, 1.54) is 16.8 Å². The third-order valence-electron chi connectivity index (χ3n) is 6.27. The topological polar surface area (TPSA) is 45.4 Å². The highest BCUT2D eigenvalue weighted by Gasteiger charge is 2.31. The molecule has 1 aliphatic heterocycles. The second kappa shape index (κ2) is 9.38. The Morgan fingerprint density at radius 3 is 2.30 bits per heavy atom. The molecule has 2 heterocycles. The first-order valence-electron chi connectivity index (χ1n) is 11.3. The number of anilines is 1. The summed E-state index contributed by atoms with van der Waals surface area (Å²) in [6, 6.07) is 24.5. The minimum atomic E-state index is -0.101. The summed E-state index contributed by atoms with van der Waals surface area (Å²) in [7, 11) is 0. The summed E-state index contributed by atoms with van der Waals surface area (Å²) in [5.41, 5.74) is 5.83. The minimum Gasteiger partial charge on any atom is -0.419 e. The zero-order chi connectivity index (χ0) is 22.8. The van der Waals surface area contributed by atoms with Gasteiger partial charge in [0.25, 0.3) is 0 Å². The van der Waals surface area contributed by atoms with E-state index in [-0.39, 0.29) is 6.04 Å². The number of aromatic nitrogens is 2. The van der Waals surface area contributed by atoms with Crippen LogP contribution in [0.4, 0.5) is 5.69 Å². The quantitative estimate of drug-likeness (QED) is 0.371. The van der Waals surface area contributed by atoms with Crippen LogP contribution in [0.2, 0.25) is 5.02 Å². The van der Waals surface area contributed by atoms with E-state index in [0.29, 0.717) is 16.8 Å². The lowest BCUT2D eigenvalue weighted by Gasteiger charge is -2.39. The van der Waals surface area contributed by atoms with Crippen molar-refractivity contribution in [2.45, 2.75) is 19.9 Å². The number of aryl methyl sites for hydroxylation is 2. The predicted octanol–water partition coefficient (Wildman–Crippen LogP) is 5.92. The van der Waals surface area contributed by atoms with Crippen LogP contribution < -0.4 is 4.90 Å². The van der Waals surface area contributed by atoms with Crippen molar-refractivity contribution in [3.05, 3.63) is 100 Å². The van der Waals surface area contributed by atoms with Crippen LogP contribution in [0.5, 0.6) is 0 Å². The fourth-order valence-electron chi connectivity index (χ4n) is 4.61. The van der Waals surface area contributed by atoms with Crippen molar-refractivity contribution in [2.75, 3.05) is 31.1 Å². The van der Waals surface area contributed by atoms with Crippen molar-refractivity contribution in [1.82, 2.24) is 15.1 Å². The van der Waals surface area contributed by atoms with Crippen LogP contribution in [-0.4, -0.2) is 41.3 Å². The van der Waals surface area contributed by atoms with Crippen molar-refractivity contribution in [3.63, 3.8) is 0 Å². The summed E-state index contributed by atoms with van der Waals surface area (Å²) in [6.07, 6.45) is 0. The van der Waals surface area contributed by atoms with Gasteiger partial charge in [0, 0.05) is 31.9 Å². The van der Waals surface area contributed by atoms with Crippen molar-refractivity contribution in [1.29, 1.82) is 0 Å². The largest absolute Gasteiger partial charge is 0.419 e. The summed E-state index contributed by atoms with van der Waals surface area (Å²) in [6.45, 7) is 8.02. The van der Waals surface area contributed by atoms with Crippen LogP contribution in [0.15, 0.2) is 77.2 Å². The van der Waals surface area contributed by atoms with E-state index in [4.69, 9.17) is 16.0 Å². The molecule has 3 aromatic carbocycles. The Labute approximate surface area is 199 Å². The average Bonchev–Trinajstić information content (AvgIpc) is 3.30. The van der Waals surface area contributed by atoms with Crippen molar-refractivity contribution >= 4 is 17.3 Å². The average molecular weight is 459 g/mol. The normalized spacial score (nSPS) is 15.5. The molecule has 4 aromatic rings. The number of piperazine rings is 1. The van der Waals surface area contributed by atoms with Crippen molar-refractivity contribution < 1.29 is 4.42 Å². The van der Waals surface area contributed by atoms with Gasteiger partial charge in [0.05, 0.1) is 10.6 Å². The Morgan fingerprint density at radius 2 is 1.58 bits per heavy atom. The first kappa shape index (κ1) is 21.7. The van der Waals surface area contributed by atoms with Gasteiger partial charge in [-0.3, -0.25) is 4.90 Å². The van der Waals surface area contributed by atoms with Crippen LogP contribution in [0.3, 0.4) is 0 Å². The van der Waals surface area contributed by atoms with E-state index in [1.807, 2.05) is 30.3 Å². The predicted molar refractivity (Wildman–Crippen MR) is 133 cm³/mol. The van der Waals surface area contributed by atoms with Gasteiger partial charge in [0.15, 0.2) is 0 Å². The second-order valence-corrected chi connectivity index (χ2v) is 8.96. The molecule has 0 aliphatic carbocycles.